The smallest absolute Gasteiger partial charge is 0.262 e. The highest BCUT2D eigenvalue weighted by Gasteiger charge is 2.24. The molecule has 0 spiro atoms. The second-order valence-corrected chi connectivity index (χ2v) is 5.31. The van der Waals surface area contributed by atoms with Gasteiger partial charge in [-0.1, -0.05) is 32.0 Å². The minimum atomic E-state index is -0.684. The van der Waals surface area contributed by atoms with E-state index >= 15 is 0 Å². The Morgan fingerprint density at radius 1 is 1.13 bits per heavy atom. The minimum Gasteiger partial charge on any atom is -0.463 e. The second kappa shape index (κ2) is 7.93. The molecule has 1 aromatic carbocycles. The van der Waals surface area contributed by atoms with Crippen LogP contribution in [0.3, 0.4) is 0 Å². The zero-order chi connectivity index (χ0) is 16.7. The molecule has 120 valence electrons. The van der Waals surface area contributed by atoms with Gasteiger partial charge in [-0.05, 0) is 30.2 Å². The third kappa shape index (κ3) is 4.81. The van der Waals surface area contributed by atoms with Gasteiger partial charge in [0.2, 0.25) is 0 Å². The Balaban J connectivity index is 1.97. The Hall–Kier alpha value is -2.89. The molecule has 23 heavy (non-hydrogen) atoms. The van der Waals surface area contributed by atoms with Gasteiger partial charge in [0, 0.05) is 5.56 Å². The number of carbonyl (C=O) groups is 2. The maximum atomic E-state index is 12.2. The van der Waals surface area contributed by atoms with E-state index in [2.05, 4.69) is 15.8 Å². The van der Waals surface area contributed by atoms with Crippen molar-refractivity contribution in [3.63, 3.8) is 0 Å². The van der Waals surface area contributed by atoms with Crippen LogP contribution in [-0.2, 0) is 4.79 Å². The van der Waals surface area contributed by atoms with Gasteiger partial charge in [-0.15, -0.1) is 0 Å². The normalized spacial score (nSPS) is 12.3. The van der Waals surface area contributed by atoms with Crippen molar-refractivity contribution < 1.29 is 14.0 Å². The lowest BCUT2D eigenvalue weighted by atomic mass is 10.0. The standard InChI is InChI=1S/C17H19N3O3/c1-12(2)15(19-16(21)13-7-4-3-5-8-13)17(22)20-18-11-14-9-6-10-23-14/h3-12,15H,1-2H3,(H,19,21)(H,20,22)/b18-11-/t15-/m0/s1. The predicted octanol–water partition coefficient (Wildman–Crippen LogP) is 2.18. The van der Waals surface area contributed by atoms with E-state index in [1.54, 1.807) is 36.4 Å². The number of nitrogens with one attached hydrogen (secondary N) is 2. The van der Waals surface area contributed by atoms with Crippen molar-refractivity contribution in [1.29, 1.82) is 0 Å². The zero-order valence-electron chi connectivity index (χ0n) is 13.0. The topological polar surface area (TPSA) is 83.7 Å². The number of hydrogen-bond acceptors (Lipinski definition) is 4. The van der Waals surface area contributed by atoms with Crippen LogP contribution in [0.5, 0.6) is 0 Å². The summed E-state index contributed by atoms with van der Waals surface area (Å²) in [6, 6.07) is 11.5. The molecular formula is C17H19N3O3. The van der Waals surface area contributed by atoms with E-state index < -0.39 is 6.04 Å². The predicted molar refractivity (Wildman–Crippen MR) is 87.0 cm³/mol. The van der Waals surface area contributed by atoms with Crippen LogP contribution in [0.1, 0.15) is 30.0 Å². The molecule has 0 aliphatic rings. The number of furan rings is 1. The van der Waals surface area contributed by atoms with Gasteiger partial charge in [0.15, 0.2) is 0 Å². The average Bonchev–Trinajstić information content (AvgIpc) is 3.06. The largest absolute Gasteiger partial charge is 0.463 e. The summed E-state index contributed by atoms with van der Waals surface area (Å²) in [5.74, 6) is -0.234. The van der Waals surface area contributed by atoms with Crippen molar-refractivity contribution in [2.24, 2.45) is 11.0 Å². The fourth-order valence-corrected chi connectivity index (χ4v) is 1.94. The number of benzene rings is 1. The first-order chi connectivity index (χ1) is 11.1. The van der Waals surface area contributed by atoms with E-state index in [0.29, 0.717) is 11.3 Å². The fraction of sp³-hybridized carbons (Fsp3) is 0.235. The van der Waals surface area contributed by atoms with Gasteiger partial charge < -0.3 is 9.73 Å². The molecule has 6 heteroatoms. The van der Waals surface area contributed by atoms with Crippen molar-refractivity contribution in [3.8, 4) is 0 Å². The SMILES string of the molecule is CC(C)[C@H](NC(=O)c1ccccc1)C(=O)N/N=C\c1ccco1. The molecule has 0 unspecified atom stereocenters. The number of rotatable bonds is 6. The van der Waals surface area contributed by atoms with Gasteiger partial charge in [-0.2, -0.15) is 5.10 Å². The van der Waals surface area contributed by atoms with E-state index in [9.17, 15) is 9.59 Å². The number of hydrazone groups is 1. The molecule has 6 nitrogen and oxygen atoms in total. The number of nitrogens with zero attached hydrogens (tertiary/aromatic N) is 1. The van der Waals surface area contributed by atoms with Crippen LogP contribution in [0.25, 0.3) is 0 Å². The van der Waals surface area contributed by atoms with E-state index in [4.69, 9.17) is 4.42 Å². The third-order valence-corrected chi connectivity index (χ3v) is 3.18. The fourth-order valence-electron chi connectivity index (χ4n) is 1.94. The van der Waals surface area contributed by atoms with Crippen LogP contribution in [-0.4, -0.2) is 24.1 Å². The van der Waals surface area contributed by atoms with Crippen molar-refractivity contribution >= 4 is 18.0 Å². The molecule has 0 saturated carbocycles. The summed E-state index contributed by atoms with van der Waals surface area (Å²) in [4.78, 5) is 24.4. The first-order valence-electron chi connectivity index (χ1n) is 7.30. The van der Waals surface area contributed by atoms with E-state index in [0.717, 1.165) is 0 Å². The van der Waals surface area contributed by atoms with E-state index in [-0.39, 0.29) is 17.7 Å². The molecule has 2 amide bonds. The van der Waals surface area contributed by atoms with Gasteiger partial charge in [0.05, 0.1) is 12.5 Å². The molecule has 1 aromatic heterocycles. The van der Waals surface area contributed by atoms with Crippen LogP contribution in [0.2, 0.25) is 0 Å². The Bertz CT molecular complexity index is 664. The van der Waals surface area contributed by atoms with Crippen LogP contribution in [0, 0.1) is 5.92 Å². The first kappa shape index (κ1) is 16.5. The van der Waals surface area contributed by atoms with Crippen LogP contribution >= 0.6 is 0 Å². The quantitative estimate of drug-likeness (QED) is 0.633. The Morgan fingerprint density at radius 2 is 1.87 bits per heavy atom. The monoisotopic (exact) mass is 313 g/mol. The number of carbonyl (C=O) groups excluding carboxylic acids is 2. The average molecular weight is 313 g/mol. The summed E-state index contributed by atoms with van der Waals surface area (Å²) < 4.78 is 5.08. The van der Waals surface area contributed by atoms with Crippen molar-refractivity contribution in [2.45, 2.75) is 19.9 Å². The summed E-state index contributed by atoms with van der Waals surface area (Å²) in [5, 5.41) is 6.56. The van der Waals surface area contributed by atoms with Gasteiger partial charge in [-0.25, -0.2) is 5.43 Å². The Kier molecular flexibility index (Phi) is 5.68. The second-order valence-electron chi connectivity index (χ2n) is 5.31. The molecule has 0 aliphatic heterocycles. The molecule has 0 fully saturated rings. The van der Waals surface area contributed by atoms with Crippen molar-refractivity contribution in [3.05, 3.63) is 60.1 Å². The molecular weight excluding hydrogens is 294 g/mol. The van der Waals surface area contributed by atoms with Crippen molar-refractivity contribution in [2.75, 3.05) is 0 Å². The summed E-state index contributed by atoms with van der Waals surface area (Å²) in [5.41, 5.74) is 2.92. The third-order valence-electron chi connectivity index (χ3n) is 3.18. The highest BCUT2D eigenvalue weighted by Crippen LogP contribution is 2.05. The number of amides is 2. The van der Waals surface area contributed by atoms with Gasteiger partial charge in [-0.3, -0.25) is 9.59 Å². The molecule has 2 aromatic rings. The molecule has 2 N–H and O–H groups in total. The van der Waals surface area contributed by atoms with E-state index in [1.807, 2.05) is 19.9 Å². The lowest BCUT2D eigenvalue weighted by Crippen LogP contribution is -2.48. The highest BCUT2D eigenvalue weighted by atomic mass is 16.3. The van der Waals surface area contributed by atoms with Crippen LogP contribution < -0.4 is 10.7 Å². The molecule has 2 rings (SSSR count). The first-order valence-corrected chi connectivity index (χ1v) is 7.30. The zero-order valence-corrected chi connectivity index (χ0v) is 13.0. The summed E-state index contributed by atoms with van der Waals surface area (Å²) in [7, 11) is 0. The minimum absolute atomic E-state index is 0.0820. The maximum Gasteiger partial charge on any atom is 0.262 e. The van der Waals surface area contributed by atoms with Crippen LogP contribution in [0.15, 0.2) is 58.2 Å². The molecule has 0 radical (unpaired) electrons. The Morgan fingerprint density at radius 3 is 2.48 bits per heavy atom. The highest BCUT2D eigenvalue weighted by molar-refractivity contribution is 5.97. The van der Waals surface area contributed by atoms with Gasteiger partial charge >= 0.3 is 0 Å². The lowest BCUT2D eigenvalue weighted by Gasteiger charge is -2.20. The van der Waals surface area contributed by atoms with E-state index in [1.165, 1.54) is 12.5 Å². The summed E-state index contributed by atoms with van der Waals surface area (Å²) in [6.07, 6.45) is 2.91. The Labute approximate surface area is 134 Å². The molecule has 1 heterocycles. The maximum absolute atomic E-state index is 12.2. The van der Waals surface area contributed by atoms with Crippen LogP contribution in [0.4, 0.5) is 0 Å². The number of hydrogen-bond donors (Lipinski definition) is 2. The summed E-state index contributed by atoms with van der Waals surface area (Å²) >= 11 is 0. The molecule has 0 bridgehead atoms. The molecule has 1 atom stereocenters. The lowest BCUT2D eigenvalue weighted by molar-refractivity contribution is -0.123. The van der Waals surface area contributed by atoms with Crippen molar-refractivity contribution in [1.82, 2.24) is 10.7 Å². The molecule has 0 aliphatic carbocycles. The summed E-state index contributed by atoms with van der Waals surface area (Å²) in [6.45, 7) is 3.71. The van der Waals surface area contributed by atoms with Gasteiger partial charge in [0.25, 0.3) is 11.8 Å². The molecule has 0 saturated heterocycles. The van der Waals surface area contributed by atoms with Gasteiger partial charge in [0.1, 0.15) is 11.8 Å².